The molecule has 6 heteroatoms. The maximum Gasteiger partial charge on any atom is 0.337 e. The molecule has 1 heterocycles. The number of ether oxygens (including phenoxy) is 1. The second-order valence-electron chi connectivity index (χ2n) is 6.56. The number of aliphatic imine (C=N–C) groups is 1. The van der Waals surface area contributed by atoms with Crippen molar-refractivity contribution in [3.8, 4) is 0 Å². The van der Waals surface area contributed by atoms with Crippen molar-refractivity contribution in [1.82, 2.24) is 0 Å². The molecule has 1 amide bonds. The van der Waals surface area contributed by atoms with Gasteiger partial charge in [-0.3, -0.25) is 9.69 Å². The first kappa shape index (κ1) is 19.3. The van der Waals surface area contributed by atoms with Crippen molar-refractivity contribution in [2.24, 2.45) is 4.99 Å². The predicted octanol–water partition coefficient (Wildman–Crippen LogP) is 4.45. The lowest BCUT2D eigenvalue weighted by atomic mass is 10.1. The first-order valence-corrected chi connectivity index (χ1v) is 9.21. The number of amidine groups is 1. The largest absolute Gasteiger partial charge is 0.465 e. The summed E-state index contributed by atoms with van der Waals surface area (Å²) in [6.07, 6.45) is 1.65. The Morgan fingerprint density at radius 1 is 0.967 bits per heavy atom. The van der Waals surface area contributed by atoms with Crippen molar-refractivity contribution in [1.29, 1.82) is 0 Å². The molecule has 4 rings (SSSR count). The monoisotopic (exact) mass is 400 g/mol. The number of carbonyl (C=O) groups is 2. The summed E-state index contributed by atoms with van der Waals surface area (Å²) in [5, 5.41) is 0. The van der Waals surface area contributed by atoms with Gasteiger partial charge in [0, 0.05) is 5.56 Å². The molecule has 0 saturated carbocycles. The summed E-state index contributed by atoms with van der Waals surface area (Å²) >= 11 is 0. The summed E-state index contributed by atoms with van der Waals surface area (Å²) in [6.45, 7) is 0. The molecule has 5 nitrogen and oxygen atoms in total. The third-order valence-electron chi connectivity index (χ3n) is 4.61. The normalized spacial score (nSPS) is 14.7. The van der Waals surface area contributed by atoms with Crippen molar-refractivity contribution >= 4 is 29.5 Å². The van der Waals surface area contributed by atoms with E-state index < -0.39 is 5.97 Å². The molecule has 0 unspecified atom stereocenters. The van der Waals surface area contributed by atoms with E-state index in [1.807, 2.05) is 30.3 Å². The SMILES string of the molecule is COC(=O)c1ccc(/C=C2/N=C(c3ccccc3)N(c3ccc(F)cc3)C2=O)cc1. The Labute approximate surface area is 172 Å². The van der Waals surface area contributed by atoms with Crippen molar-refractivity contribution < 1.29 is 18.7 Å². The van der Waals surface area contributed by atoms with Crippen LogP contribution in [0.25, 0.3) is 6.08 Å². The number of benzene rings is 3. The zero-order valence-corrected chi connectivity index (χ0v) is 16.1. The number of halogens is 1. The fourth-order valence-electron chi connectivity index (χ4n) is 3.12. The second-order valence-corrected chi connectivity index (χ2v) is 6.56. The molecule has 0 radical (unpaired) electrons. The molecule has 0 atom stereocenters. The molecule has 3 aromatic carbocycles. The molecule has 3 aromatic rings. The van der Waals surface area contributed by atoms with Crippen LogP contribution >= 0.6 is 0 Å². The molecule has 0 fully saturated rings. The van der Waals surface area contributed by atoms with E-state index in [9.17, 15) is 14.0 Å². The standard InChI is InChI=1S/C24H17FN2O3/c1-30-24(29)18-9-7-16(8-10-18)15-21-23(28)27(20-13-11-19(25)12-14-20)22(26-21)17-5-3-2-4-6-17/h2-15H,1H3/b21-15+. The van der Waals surface area contributed by atoms with Gasteiger partial charge < -0.3 is 4.74 Å². The number of nitrogens with zero attached hydrogens (tertiary/aromatic N) is 2. The van der Waals surface area contributed by atoms with Crippen molar-refractivity contribution in [3.63, 3.8) is 0 Å². The Kier molecular flexibility index (Phi) is 5.22. The maximum absolute atomic E-state index is 13.4. The molecule has 1 aliphatic rings. The van der Waals surface area contributed by atoms with Crippen LogP contribution in [0.3, 0.4) is 0 Å². The Hall–Kier alpha value is -4.06. The van der Waals surface area contributed by atoms with Gasteiger partial charge >= 0.3 is 5.97 Å². The summed E-state index contributed by atoms with van der Waals surface area (Å²) in [4.78, 5) is 30.8. The second kappa shape index (κ2) is 8.13. The number of methoxy groups -OCH3 is 1. The van der Waals surface area contributed by atoms with Gasteiger partial charge in [0.15, 0.2) is 0 Å². The fourth-order valence-corrected chi connectivity index (χ4v) is 3.12. The lowest BCUT2D eigenvalue weighted by Crippen LogP contribution is -2.32. The van der Waals surface area contributed by atoms with E-state index >= 15 is 0 Å². The minimum atomic E-state index is -0.432. The molecule has 1 aliphatic heterocycles. The first-order valence-electron chi connectivity index (χ1n) is 9.21. The highest BCUT2D eigenvalue weighted by atomic mass is 19.1. The average molecular weight is 400 g/mol. The van der Waals surface area contributed by atoms with Gasteiger partial charge in [-0.25, -0.2) is 14.2 Å². The van der Waals surface area contributed by atoms with Crippen LogP contribution in [0.2, 0.25) is 0 Å². The molecule has 0 N–H and O–H groups in total. The maximum atomic E-state index is 13.4. The number of rotatable bonds is 4. The highest BCUT2D eigenvalue weighted by Crippen LogP contribution is 2.28. The number of amides is 1. The minimum absolute atomic E-state index is 0.240. The van der Waals surface area contributed by atoms with Crippen LogP contribution in [-0.2, 0) is 9.53 Å². The van der Waals surface area contributed by atoms with Crippen molar-refractivity contribution in [3.05, 3.63) is 107 Å². The van der Waals surface area contributed by atoms with Crippen LogP contribution < -0.4 is 4.90 Å². The Balaban J connectivity index is 1.74. The predicted molar refractivity (Wildman–Crippen MR) is 113 cm³/mol. The molecule has 0 aliphatic carbocycles. The summed E-state index contributed by atoms with van der Waals surface area (Å²) in [5.41, 5.74) is 2.65. The van der Waals surface area contributed by atoms with E-state index in [1.165, 1.54) is 24.1 Å². The zero-order valence-electron chi connectivity index (χ0n) is 16.1. The smallest absolute Gasteiger partial charge is 0.337 e. The number of esters is 1. The van der Waals surface area contributed by atoms with Crippen LogP contribution in [-0.4, -0.2) is 24.8 Å². The van der Waals surface area contributed by atoms with Gasteiger partial charge in [0.2, 0.25) is 0 Å². The number of anilines is 1. The molecule has 0 spiro atoms. The van der Waals surface area contributed by atoms with Gasteiger partial charge in [-0.05, 0) is 48.0 Å². The Morgan fingerprint density at radius 2 is 1.63 bits per heavy atom. The van der Waals surface area contributed by atoms with Gasteiger partial charge in [-0.1, -0.05) is 42.5 Å². The van der Waals surface area contributed by atoms with Crippen molar-refractivity contribution in [2.75, 3.05) is 12.0 Å². The zero-order chi connectivity index (χ0) is 21.1. The van der Waals surface area contributed by atoms with Crippen LogP contribution in [0.15, 0.2) is 89.6 Å². The molecule has 148 valence electrons. The topological polar surface area (TPSA) is 59.0 Å². The van der Waals surface area contributed by atoms with Gasteiger partial charge in [-0.15, -0.1) is 0 Å². The number of hydrogen-bond donors (Lipinski definition) is 0. The summed E-state index contributed by atoms with van der Waals surface area (Å²) in [7, 11) is 1.32. The van der Waals surface area contributed by atoms with E-state index in [0.717, 1.165) is 5.56 Å². The van der Waals surface area contributed by atoms with E-state index in [1.54, 1.807) is 42.5 Å². The van der Waals surface area contributed by atoms with E-state index in [2.05, 4.69) is 4.99 Å². The minimum Gasteiger partial charge on any atom is -0.465 e. The Bertz CT molecular complexity index is 1150. The molecule has 0 saturated heterocycles. The molecule has 0 aromatic heterocycles. The fraction of sp³-hybridized carbons (Fsp3) is 0.0417. The van der Waals surface area contributed by atoms with E-state index in [4.69, 9.17) is 4.74 Å². The van der Waals surface area contributed by atoms with E-state index in [0.29, 0.717) is 22.6 Å². The number of hydrogen-bond acceptors (Lipinski definition) is 4. The Morgan fingerprint density at radius 3 is 2.27 bits per heavy atom. The van der Waals surface area contributed by atoms with Gasteiger partial charge in [-0.2, -0.15) is 0 Å². The molecule has 0 bridgehead atoms. The molecular formula is C24H17FN2O3. The molecular weight excluding hydrogens is 383 g/mol. The third-order valence-corrected chi connectivity index (χ3v) is 4.61. The van der Waals surface area contributed by atoms with Crippen LogP contribution in [0.4, 0.5) is 10.1 Å². The highest BCUT2D eigenvalue weighted by molar-refractivity contribution is 6.33. The molecule has 30 heavy (non-hydrogen) atoms. The first-order chi connectivity index (χ1) is 14.6. The number of carbonyl (C=O) groups excluding carboxylic acids is 2. The van der Waals surface area contributed by atoms with Crippen LogP contribution in [0.1, 0.15) is 21.5 Å². The summed E-state index contributed by atoms with van der Waals surface area (Å²) < 4.78 is 18.1. The van der Waals surface area contributed by atoms with E-state index in [-0.39, 0.29) is 17.4 Å². The highest BCUT2D eigenvalue weighted by Gasteiger charge is 2.32. The third kappa shape index (κ3) is 3.75. The average Bonchev–Trinajstić information content (AvgIpc) is 3.11. The summed E-state index contributed by atoms with van der Waals surface area (Å²) in [6, 6.07) is 21.7. The quantitative estimate of drug-likeness (QED) is 0.480. The van der Waals surface area contributed by atoms with Crippen molar-refractivity contribution in [2.45, 2.75) is 0 Å². The van der Waals surface area contributed by atoms with Gasteiger partial charge in [0.25, 0.3) is 5.91 Å². The van der Waals surface area contributed by atoms with Crippen LogP contribution in [0.5, 0.6) is 0 Å². The van der Waals surface area contributed by atoms with Gasteiger partial charge in [0.05, 0.1) is 18.4 Å². The summed E-state index contributed by atoms with van der Waals surface area (Å²) in [5.74, 6) is -0.676. The lowest BCUT2D eigenvalue weighted by molar-refractivity contribution is -0.113. The van der Waals surface area contributed by atoms with Crippen LogP contribution in [0, 0.1) is 5.82 Å². The lowest BCUT2D eigenvalue weighted by Gasteiger charge is -2.18. The van der Waals surface area contributed by atoms with Gasteiger partial charge in [0.1, 0.15) is 17.3 Å².